The van der Waals surface area contributed by atoms with E-state index in [4.69, 9.17) is 4.74 Å². The number of rotatable bonds is 1. The Morgan fingerprint density at radius 2 is 2.30 bits per heavy atom. The lowest BCUT2D eigenvalue weighted by Gasteiger charge is -2.31. The van der Waals surface area contributed by atoms with Gasteiger partial charge >= 0.3 is 0 Å². The third-order valence-electron chi connectivity index (χ3n) is 1.73. The Kier molecular flexibility index (Phi) is 2.56. The Labute approximate surface area is 58.8 Å². The second kappa shape index (κ2) is 3.25. The van der Waals surface area contributed by atoms with Crippen molar-refractivity contribution in [3.05, 3.63) is 0 Å². The van der Waals surface area contributed by atoms with Gasteiger partial charge in [-0.3, -0.25) is 4.90 Å². The first kappa shape index (κ1) is 7.88. The van der Waals surface area contributed by atoms with Crippen LogP contribution in [0.15, 0.2) is 0 Å². The molecule has 1 aliphatic heterocycles. The average Bonchev–Trinajstić information content (AvgIpc) is 1.88. The maximum atomic E-state index is 12.0. The van der Waals surface area contributed by atoms with E-state index in [1.807, 2.05) is 0 Å². The predicted octanol–water partition coefficient (Wildman–Crippen LogP) is 0.582. The van der Waals surface area contributed by atoms with Gasteiger partial charge in [-0.05, 0) is 7.05 Å². The molecular weight excluding hydrogens is 140 g/mol. The maximum Gasteiger partial charge on any atom is 0.256 e. The van der Waals surface area contributed by atoms with Crippen LogP contribution in [0, 0.1) is 0 Å². The minimum absolute atomic E-state index is 0.161. The number of hydrogen-bond acceptors (Lipinski definition) is 2. The quantitative estimate of drug-likeness (QED) is 0.543. The summed E-state index contributed by atoms with van der Waals surface area (Å²) in [5, 5.41) is 0. The fourth-order valence-electron chi connectivity index (χ4n) is 0.971. The van der Waals surface area contributed by atoms with Crippen LogP contribution in [0.3, 0.4) is 0 Å². The maximum absolute atomic E-state index is 12.0. The van der Waals surface area contributed by atoms with Crippen LogP contribution in [0.4, 0.5) is 8.78 Å². The zero-order chi connectivity index (χ0) is 7.56. The molecule has 0 aromatic carbocycles. The molecule has 0 unspecified atom stereocenters. The van der Waals surface area contributed by atoms with Crippen molar-refractivity contribution >= 4 is 0 Å². The number of morpholine rings is 1. The molecule has 0 aliphatic carbocycles. The molecule has 60 valence electrons. The Balaban J connectivity index is 2.40. The minimum atomic E-state index is -2.29. The van der Waals surface area contributed by atoms with Gasteiger partial charge in [0.05, 0.1) is 19.3 Å². The highest BCUT2D eigenvalue weighted by molar-refractivity contribution is 4.73. The highest BCUT2D eigenvalue weighted by atomic mass is 19.3. The highest BCUT2D eigenvalue weighted by Gasteiger charge is 2.27. The molecule has 1 fully saturated rings. The van der Waals surface area contributed by atoms with Crippen LogP contribution in [0.25, 0.3) is 0 Å². The molecule has 4 heteroatoms. The lowest BCUT2D eigenvalue weighted by atomic mass is 10.2. The van der Waals surface area contributed by atoms with Gasteiger partial charge < -0.3 is 4.74 Å². The molecule has 0 aromatic rings. The van der Waals surface area contributed by atoms with Gasteiger partial charge in [0.2, 0.25) is 0 Å². The summed E-state index contributed by atoms with van der Waals surface area (Å²) in [5.41, 5.74) is 0. The van der Waals surface area contributed by atoms with E-state index in [-0.39, 0.29) is 6.61 Å². The van der Waals surface area contributed by atoms with Gasteiger partial charge in [-0.2, -0.15) is 0 Å². The van der Waals surface area contributed by atoms with Gasteiger partial charge in [0.25, 0.3) is 6.43 Å². The Morgan fingerprint density at radius 1 is 1.60 bits per heavy atom. The summed E-state index contributed by atoms with van der Waals surface area (Å²) in [6, 6.07) is -0.700. The van der Waals surface area contributed by atoms with Crippen molar-refractivity contribution in [2.24, 2.45) is 0 Å². The van der Waals surface area contributed by atoms with E-state index in [0.29, 0.717) is 13.2 Å². The molecule has 0 N–H and O–H groups in total. The van der Waals surface area contributed by atoms with Crippen LogP contribution in [0.2, 0.25) is 0 Å². The van der Waals surface area contributed by atoms with Crippen LogP contribution in [0.1, 0.15) is 0 Å². The Bertz CT molecular complexity index is 110. The monoisotopic (exact) mass is 151 g/mol. The van der Waals surface area contributed by atoms with Gasteiger partial charge in [0.15, 0.2) is 0 Å². The zero-order valence-electron chi connectivity index (χ0n) is 5.89. The first-order chi connectivity index (χ1) is 4.72. The lowest BCUT2D eigenvalue weighted by molar-refractivity contribution is -0.0602. The third kappa shape index (κ3) is 1.64. The smallest absolute Gasteiger partial charge is 0.256 e. The Hall–Kier alpha value is -0.220. The molecule has 1 saturated heterocycles. The lowest BCUT2D eigenvalue weighted by Crippen LogP contribution is -2.46. The van der Waals surface area contributed by atoms with Crippen molar-refractivity contribution in [3.63, 3.8) is 0 Å². The summed E-state index contributed by atoms with van der Waals surface area (Å²) in [5.74, 6) is 0. The molecule has 1 aliphatic rings. The number of hydrogen-bond donors (Lipinski definition) is 0. The number of halogens is 2. The van der Waals surface area contributed by atoms with Crippen molar-refractivity contribution in [2.45, 2.75) is 12.5 Å². The summed E-state index contributed by atoms with van der Waals surface area (Å²) < 4.78 is 29.0. The van der Waals surface area contributed by atoms with E-state index < -0.39 is 12.5 Å². The largest absolute Gasteiger partial charge is 0.378 e. The topological polar surface area (TPSA) is 12.5 Å². The van der Waals surface area contributed by atoms with Crippen LogP contribution < -0.4 is 0 Å². The molecule has 0 aromatic heterocycles. The van der Waals surface area contributed by atoms with Crippen molar-refractivity contribution in [2.75, 3.05) is 26.8 Å². The molecule has 0 amide bonds. The molecule has 2 nitrogen and oxygen atoms in total. The number of alkyl halides is 2. The minimum Gasteiger partial charge on any atom is -0.378 e. The van der Waals surface area contributed by atoms with Crippen LogP contribution in [-0.2, 0) is 4.74 Å². The molecular formula is C6H11F2NO. The fraction of sp³-hybridized carbons (Fsp3) is 1.00. The molecule has 0 saturated carbocycles. The second-order valence-electron chi connectivity index (χ2n) is 2.46. The summed E-state index contributed by atoms with van der Waals surface area (Å²) in [7, 11) is 1.69. The van der Waals surface area contributed by atoms with Crippen LogP contribution in [0.5, 0.6) is 0 Å². The molecule has 1 heterocycles. The predicted molar refractivity (Wildman–Crippen MR) is 33.2 cm³/mol. The first-order valence-electron chi connectivity index (χ1n) is 3.28. The van der Waals surface area contributed by atoms with Crippen molar-refractivity contribution in [3.8, 4) is 0 Å². The molecule has 0 spiro atoms. The standard InChI is InChI=1S/C6H11F2NO/c1-9-2-3-10-4-5(9)6(7)8/h5-6H,2-4H2,1H3/t5-/m0/s1. The van der Waals surface area contributed by atoms with Gasteiger partial charge in [-0.25, -0.2) is 8.78 Å². The summed E-state index contributed by atoms with van der Waals surface area (Å²) in [6.07, 6.45) is -2.29. The van der Waals surface area contributed by atoms with Crippen LogP contribution in [-0.4, -0.2) is 44.2 Å². The average molecular weight is 151 g/mol. The Morgan fingerprint density at radius 3 is 2.70 bits per heavy atom. The van der Waals surface area contributed by atoms with Gasteiger partial charge in [-0.1, -0.05) is 0 Å². The van der Waals surface area contributed by atoms with E-state index in [1.54, 1.807) is 11.9 Å². The molecule has 0 radical (unpaired) electrons. The summed E-state index contributed by atoms with van der Waals surface area (Å²) in [4.78, 5) is 1.63. The van der Waals surface area contributed by atoms with Crippen molar-refractivity contribution < 1.29 is 13.5 Å². The molecule has 0 bridgehead atoms. The third-order valence-corrected chi connectivity index (χ3v) is 1.73. The second-order valence-corrected chi connectivity index (χ2v) is 2.46. The first-order valence-corrected chi connectivity index (χ1v) is 3.28. The fourth-order valence-corrected chi connectivity index (χ4v) is 0.971. The van der Waals surface area contributed by atoms with Crippen molar-refractivity contribution in [1.29, 1.82) is 0 Å². The van der Waals surface area contributed by atoms with Crippen molar-refractivity contribution in [1.82, 2.24) is 4.90 Å². The normalized spacial score (nSPS) is 29.4. The number of likely N-dealkylation sites (N-methyl/N-ethyl adjacent to an activating group) is 1. The van der Waals surface area contributed by atoms with E-state index in [0.717, 1.165) is 0 Å². The molecule has 1 atom stereocenters. The summed E-state index contributed by atoms with van der Waals surface area (Å²) in [6.45, 7) is 1.34. The van der Waals surface area contributed by atoms with E-state index in [2.05, 4.69) is 0 Å². The van der Waals surface area contributed by atoms with Gasteiger partial charge in [0, 0.05) is 6.54 Å². The number of nitrogens with zero attached hydrogens (tertiary/aromatic N) is 1. The number of ether oxygens (including phenoxy) is 1. The van der Waals surface area contributed by atoms with E-state index in [9.17, 15) is 8.78 Å². The van der Waals surface area contributed by atoms with E-state index >= 15 is 0 Å². The molecule has 1 rings (SSSR count). The SMILES string of the molecule is CN1CCOC[C@H]1C(F)F. The van der Waals surface area contributed by atoms with Gasteiger partial charge in [-0.15, -0.1) is 0 Å². The summed E-state index contributed by atoms with van der Waals surface area (Å²) >= 11 is 0. The highest BCUT2D eigenvalue weighted by Crippen LogP contribution is 2.11. The zero-order valence-corrected chi connectivity index (χ0v) is 5.89. The van der Waals surface area contributed by atoms with Crippen LogP contribution >= 0.6 is 0 Å². The molecule has 10 heavy (non-hydrogen) atoms. The van der Waals surface area contributed by atoms with Gasteiger partial charge in [0.1, 0.15) is 0 Å². The van der Waals surface area contributed by atoms with E-state index in [1.165, 1.54) is 0 Å².